The van der Waals surface area contributed by atoms with Gasteiger partial charge in [0.1, 0.15) is 4.90 Å². The molecule has 0 saturated carbocycles. The van der Waals surface area contributed by atoms with Crippen molar-refractivity contribution < 1.29 is 17.8 Å². The van der Waals surface area contributed by atoms with Crippen LogP contribution in [0, 0.1) is 0 Å². The van der Waals surface area contributed by atoms with Crippen molar-refractivity contribution in [3.8, 4) is 5.75 Å². The van der Waals surface area contributed by atoms with Crippen LogP contribution in [0.2, 0.25) is 0 Å². The predicted octanol–water partition coefficient (Wildman–Crippen LogP) is 0.269. The highest BCUT2D eigenvalue weighted by Gasteiger charge is 2.19. The summed E-state index contributed by atoms with van der Waals surface area (Å²) in [6.07, 6.45) is 0. The number of nitrogens with two attached hydrogens (primary N) is 1. The van der Waals surface area contributed by atoms with Crippen molar-refractivity contribution in [1.29, 1.82) is 0 Å². The normalized spacial score (nSPS) is 11.9. The van der Waals surface area contributed by atoms with Gasteiger partial charge in [0.2, 0.25) is 10.0 Å². The standard InChI is InChI=1S/C8H9N3O4S/c1-2-14-5-3-4-6(16(9,12)13)8-7(5)10-15-11-8/h3-4H,2H2,1H3,(H2,9,12,13). The Morgan fingerprint density at radius 1 is 1.38 bits per heavy atom. The third-order valence-electron chi connectivity index (χ3n) is 1.95. The number of ether oxygens (including phenoxy) is 1. The molecule has 2 aromatic rings. The summed E-state index contributed by atoms with van der Waals surface area (Å²) in [6.45, 7) is 2.23. The molecule has 2 rings (SSSR count). The van der Waals surface area contributed by atoms with Crippen molar-refractivity contribution >= 4 is 21.1 Å². The molecule has 0 unspecified atom stereocenters. The van der Waals surface area contributed by atoms with Crippen LogP contribution in [0.4, 0.5) is 0 Å². The van der Waals surface area contributed by atoms with Crippen LogP contribution in [0.25, 0.3) is 11.0 Å². The molecule has 1 aromatic heterocycles. The molecule has 8 heteroatoms. The molecular formula is C8H9N3O4S. The van der Waals surface area contributed by atoms with Gasteiger partial charge in [0.05, 0.1) is 6.61 Å². The van der Waals surface area contributed by atoms with Crippen LogP contribution >= 0.6 is 0 Å². The molecule has 2 N–H and O–H groups in total. The highest BCUT2D eigenvalue weighted by molar-refractivity contribution is 7.89. The summed E-state index contributed by atoms with van der Waals surface area (Å²) in [5.74, 6) is 0.408. The van der Waals surface area contributed by atoms with Crippen LogP contribution < -0.4 is 9.88 Å². The second kappa shape index (κ2) is 3.72. The Hall–Kier alpha value is -1.67. The molecule has 0 spiro atoms. The summed E-state index contributed by atoms with van der Waals surface area (Å²) in [5, 5.41) is 12.1. The van der Waals surface area contributed by atoms with Gasteiger partial charge in [0.25, 0.3) is 0 Å². The van der Waals surface area contributed by atoms with Crippen LogP contribution in [0.3, 0.4) is 0 Å². The van der Waals surface area contributed by atoms with Crippen LogP contribution in [-0.4, -0.2) is 25.3 Å². The predicted molar refractivity (Wildman–Crippen MR) is 54.3 cm³/mol. The molecule has 0 aliphatic rings. The molecular weight excluding hydrogens is 234 g/mol. The van der Waals surface area contributed by atoms with Crippen molar-refractivity contribution in [2.75, 3.05) is 6.61 Å². The van der Waals surface area contributed by atoms with Gasteiger partial charge in [-0.2, -0.15) is 0 Å². The summed E-state index contributed by atoms with van der Waals surface area (Å²) in [4.78, 5) is -0.132. The minimum absolute atomic E-state index is 0.0773. The van der Waals surface area contributed by atoms with Crippen LogP contribution in [-0.2, 0) is 10.0 Å². The first-order valence-electron chi connectivity index (χ1n) is 4.45. The number of hydrogen-bond donors (Lipinski definition) is 1. The van der Waals surface area contributed by atoms with Gasteiger partial charge in [-0.05, 0) is 29.4 Å². The van der Waals surface area contributed by atoms with E-state index in [9.17, 15) is 8.42 Å². The Balaban J connectivity index is 2.74. The quantitative estimate of drug-likeness (QED) is 0.828. The molecule has 0 aliphatic heterocycles. The largest absolute Gasteiger partial charge is 0.491 e. The fourth-order valence-corrected chi connectivity index (χ4v) is 1.98. The molecule has 0 saturated heterocycles. The maximum absolute atomic E-state index is 11.2. The van der Waals surface area contributed by atoms with E-state index in [2.05, 4.69) is 14.9 Å². The molecule has 16 heavy (non-hydrogen) atoms. The summed E-state index contributed by atoms with van der Waals surface area (Å²) >= 11 is 0. The van der Waals surface area contributed by atoms with Crippen molar-refractivity contribution in [2.45, 2.75) is 11.8 Å². The van der Waals surface area contributed by atoms with E-state index in [1.165, 1.54) is 12.1 Å². The number of rotatable bonds is 3. The number of benzene rings is 1. The third-order valence-corrected chi connectivity index (χ3v) is 2.89. The maximum Gasteiger partial charge on any atom is 0.240 e. The van der Waals surface area contributed by atoms with E-state index in [1.807, 2.05) is 0 Å². The molecule has 0 fully saturated rings. The maximum atomic E-state index is 11.2. The molecule has 0 radical (unpaired) electrons. The lowest BCUT2D eigenvalue weighted by molar-refractivity contribution is 0.310. The number of aromatic nitrogens is 2. The molecule has 1 aromatic carbocycles. The van der Waals surface area contributed by atoms with Crippen molar-refractivity contribution in [2.24, 2.45) is 5.14 Å². The molecule has 0 aliphatic carbocycles. The van der Waals surface area contributed by atoms with Crippen LogP contribution in [0.5, 0.6) is 5.75 Å². The van der Waals surface area contributed by atoms with E-state index in [1.54, 1.807) is 6.92 Å². The van der Waals surface area contributed by atoms with Crippen molar-refractivity contribution in [1.82, 2.24) is 10.3 Å². The zero-order valence-corrected chi connectivity index (χ0v) is 9.19. The topological polar surface area (TPSA) is 108 Å². The van der Waals surface area contributed by atoms with E-state index in [0.29, 0.717) is 12.4 Å². The van der Waals surface area contributed by atoms with Gasteiger partial charge >= 0.3 is 0 Å². The fourth-order valence-electron chi connectivity index (χ4n) is 1.32. The molecule has 0 amide bonds. The number of nitrogens with zero attached hydrogens (tertiary/aromatic N) is 2. The summed E-state index contributed by atoms with van der Waals surface area (Å²) < 4.78 is 32.2. The Bertz CT molecular complexity index is 619. The minimum Gasteiger partial charge on any atom is -0.491 e. The molecule has 86 valence electrons. The molecule has 1 heterocycles. The SMILES string of the molecule is CCOc1ccc(S(N)(=O)=O)c2nonc12. The van der Waals surface area contributed by atoms with E-state index in [-0.39, 0.29) is 15.9 Å². The van der Waals surface area contributed by atoms with Gasteiger partial charge in [-0.25, -0.2) is 18.2 Å². The van der Waals surface area contributed by atoms with E-state index in [0.717, 1.165) is 0 Å². The molecule has 0 atom stereocenters. The lowest BCUT2D eigenvalue weighted by atomic mass is 10.3. The van der Waals surface area contributed by atoms with Crippen molar-refractivity contribution in [3.63, 3.8) is 0 Å². The minimum atomic E-state index is -3.85. The fraction of sp³-hybridized carbons (Fsp3) is 0.250. The van der Waals surface area contributed by atoms with Gasteiger partial charge in [0, 0.05) is 0 Å². The van der Waals surface area contributed by atoms with Crippen LogP contribution in [0.15, 0.2) is 21.7 Å². The average molecular weight is 243 g/mol. The van der Waals surface area contributed by atoms with Gasteiger partial charge < -0.3 is 4.74 Å². The lowest BCUT2D eigenvalue weighted by Gasteiger charge is -2.03. The molecule has 7 nitrogen and oxygen atoms in total. The van der Waals surface area contributed by atoms with Gasteiger partial charge in [0.15, 0.2) is 16.8 Å². The smallest absolute Gasteiger partial charge is 0.240 e. The monoisotopic (exact) mass is 243 g/mol. The van der Waals surface area contributed by atoms with E-state index < -0.39 is 10.0 Å². The Labute approximate surface area is 91.2 Å². The van der Waals surface area contributed by atoms with Gasteiger partial charge in [-0.3, -0.25) is 0 Å². The van der Waals surface area contributed by atoms with Crippen molar-refractivity contribution in [3.05, 3.63) is 12.1 Å². The number of primary sulfonamides is 1. The number of sulfonamides is 1. The van der Waals surface area contributed by atoms with Gasteiger partial charge in [-0.15, -0.1) is 0 Å². The Morgan fingerprint density at radius 2 is 2.06 bits per heavy atom. The summed E-state index contributed by atoms with van der Waals surface area (Å²) in [5.41, 5.74) is 0.321. The highest BCUT2D eigenvalue weighted by Crippen LogP contribution is 2.27. The summed E-state index contributed by atoms with van der Waals surface area (Å²) in [7, 11) is -3.85. The average Bonchev–Trinajstić information content (AvgIpc) is 2.65. The Morgan fingerprint density at radius 3 is 2.69 bits per heavy atom. The first-order valence-corrected chi connectivity index (χ1v) is 5.99. The van der Waals surface area contributed by atoms with Crippen LogP contribution in [0.1, 0.15) is 6.92 Å². The number of hydrogen-bond acceptors (Lipinski definition) is 6. The van der Waals surface area contributed by atoms with Gasteiger partial charge in [-0.1, -0.05) is 0 Å². The first-order chi connectivity index (χ1) is 7.54. The first kappa shape index (κ1) is 10.8. The van der Waals surface area contributed by atoms with E-state index >= 15 is 0 Å². The lowest BCUT2D eigenvalue weighted by Crippen LogP contribution is -2.12. The summed E-state index contributed by atoms with van der Waals surface area (Å²) in [6, 6.07) is 2.78. The third kappa shape index (κ3) is 1.72. The van der Waals surface area contributed by atoms with E-state index in [4.69, 9.17) is 9.88 Å². The highest BCUT2D eigenvalue weighted by atomic mass is 32.2. The molecule has 0 bridgehead atoms. The second-order valence-corrected chi connectivity index (χ2v) is 4.53. The Kier molecular flexibility index (Phi) is 2.52. The zero-order valence-electron chi connectivity index (χ0n) is 8.37. The second-order valence-electron chi connectivity index (χ2n) is 3.00. The number of fused-ring (bicyclic) bond motifs is 1. The zero-order chi connectivity index (χ0) is 11.8.